The second kappa shape index (κ2) is 4.77. The molecule has 0 amide bonds. The van der Waals surface area contributed by atoms with Crippen LogP contribution in [0.25, 0.3) is 10.8 Å². The Labute approximate surface area is 145 Å². The van der Waals surface area contributed by atoms with Gasteiger partial charge < -0.3 is 15.5 Å². The van der Waals surface area contributed by atoms with Crippen LogP contribution < -0.4 is 16.0 Å². The van der Waals surface area contributed by atoms with Gasteiger partial charge in [0.25, 0.3) is 5.56 Å². The van der Waals surface area contributed by atoms with Crippen molar-refractivity contribution < 1.29 is 4.74 Å². The molecule has 2 atom stereocenters. The van der Waals surface area contributed by atoms with E-state index in [0.717, 1.165) is 37.5 Å². The Morgan fingerprint density at radius 1 is 1.21 bits per heavy atom. The summed E-state index contributed by atoms with van der Waals surface area (Å²) < 4.78 is 6.53. The quantitative estimate of drug-likeness (QED) is 0.874. The van der Waals surface area contributed by atoms with Gasteiger partial charge in [0.1, 0.15) is 11.4 Å². The molecule has 4 fully saturated rings. The molecule has 2 aromatic rings. The minimum Gasteiger partial charge on any atom is -0.486 e. The maximum Gasteiger partial charge on any atom is 0.255 e. The molecule has 2 unspecified atom stereocenters. The summed E-state index contributed by atoms with van der Waals surface area (Å²) in [5.41, 5.74) is 6.27. The molecule has 5 heteroatoms. The Morgan fingerprint density at radius 2 is 1.96 bits per heavy atom. The third kappa shape index (κ3) is 2.20. The number of benzene rings is 1. The summed E-state index contributed by atoms with van der Waals surface area (Å²) in [6, 6.07) is 5.49. The molecule has 0 radical (unpaired) electrons. The predicted molar refractivity (Wildman–Crippen MR) is 94.5 cm³/mol. The van der Waals surface area contributed by atoms with Crippen LogP contribution >= 0.6 is 11.6 Å². The second-order valence-corrected chi connectivity index (χ2v) is 8.69. The van der Waals surface area contributed by atoms with E-state index in [9.17, 15) is 4.79 Å². The minimum atomic E-state index is -0.183. The van der Waals surface area contributed by atoms with Gasteiger partial charge in [-0.1, -0.05) is 11.6 Å². The van der Waals surface area contributed by atoms with Gasteiger partial charge in [-0.05, 0) is 67.5 Å². The lowest BCUT2D eigenvalue weighted by Crippen LogP contribution is -2.64. The lowest BCUT2D eigenvalue weighted by molar-refractivity contribution is -0.117. The molecule has 6 rings (SSSR count). The summed E-state index contributed by atoms with van der Waals surface area (Å²) in [5, 5.41) is 1.95. The van der Waals surface area contributed by atoms with E-state index in [1.165, 1.54) is 6.42 Å². The molecule has 1 heterocycles. The number of H-pyrrole nitrogens is 1. The van der Waals surface area contributed by atoms with Crippen molar-refractivity contribution in [1.29, 1.82) is 0 Å². The van der Waals surface area contributed by atoms with Crippen LogP contribution in [0.15, 0.2) is 29.2 Å². The zero-order chi connectivity index (χ0) is 16.5. The molecule has 1 aromatic carbocycles. The SMILES string of the molecule is NC12CC3CC(C1)CC(Oc1cc4cc[nH]c(=O)c4cc1Cl)(C3)C2. The van der Waals surface area contributed by atoms with Crippen LogP contribution in [0.1, 0.15) is 38.5 Å². The topological polar surface area (TPSA) is 68.1 Å². The summed E-state index contributed by atoms with van der Waals surface area (Å²) in [4.78, 5) is 14.6. The average molecular weight is 345 g/mol. The summed E-state index contributed by atoms with van der Waals surface area (Å²) in [5.74, 6) is 2.04. The molecule has 1 aromatic heterocycles. The number of pyridine rings is 1. The number of fused-ring (bicyclic) bond motifs is 1. The number of hydrogen-bond acceptors (Lipinski definition) is 3. The zero-order valence-electron chi connectivity index (χ0n) is 13.5. The number of hydrogen-bond donors (Lipinski definition) is 2. The van der Waals surface area contributed by atoms with E-state index in [0.29, 0.717) is 28.0 Å². The largest absolute Gasteiger partial charge is 0.486 e. The number of halogens is 1. The number of nitrogens with one attached hydrogen (secondary N) is 1. The average Bonchev–Trinajstić information content (AvgIpc) is 2.46. The van der Waals surface area contributed by atoms with Gasteiger partial charge in [-0.25, -0.2) is 0 Å². The van der Waals surface area contributed by atoms with Crippen molar-refractivity contribution in [3.8, 4) is 5.75 Å². The normalized spacial score (nSPS) is 37.1. The maximum atomic E-state index is 11.9. The van der Waals surface area contributed by atoms with Crippen molar-refractivity contribution in [2.24, 2.45) is 17.6 Å². The van der Waals surface area contributed by atoms with Gasteiger partial charge >= 0.3 is 0 Å². The Bertz CT molecular complexity index is 877. The molecular weight excluding hydrogens is 324 g/mol. The third-order valence-electron chi connectivity index (χ3n) is 6.21. The highest BCUT2D eigenvalue weighted by molar-refractivity contribution is 6.32. The van der Waals surface area contributed by atoms with Crippen molar-refractivity contribution in [2.45, 2.75) is 49.7 Å². The molecule has 4 aliphatic rings. The highest BCUT2D eigenvalue weighted by atomic mass is 35.5. The maximum absolute atomic E-state index is 11.9. The number of nitrogens with two attached hydrogens (primary N) is 1. The Balaban J connectivity index is 1.55. The first kappa shape index (κ1) is 14.8. The number of aromatic amines is 1. The van der Waals surface area contributed by atoms with Crippen molar-refractivity contribution in [1.82, 2.24) is 4.98 Å². The van der Waals surface area contributed by atoms with E-state index in [2.05, 4.69) is 4.98 Å². The van der Waals surface area contributed by atoms with Gasteiger partial charge in [0.15, 0.2) is 0 Å². The van der Waals surface area contributed by atoms with Crippen LogP contribution in [-0.4, -0.2) is 16.1 Å². The highest BCUT2D eigenvalue weighted by Crippen LogP contribution is 2.58. The summed E-state index contributed by atoms with van der Waals surface area (Å²) in [6.45, 7) is 0. The van der Waals surface area contributed by atoms with Crippen LogP contribution in [0.4, 0.5) is 0 Å². The van der Waals surface area contributed by atoms with E-state index in [1.807, 2.05) is 12.1 Å². The van der Waals surface area contributed by atoms with E-state index >= 15 is 0 Å². The smallest absolute Gasteiger partial charge is 0.255 e. The first-order valence-electron chi connectivity index (χ1n) is 8.73. The monoisotopic (exact) mass is 344 g/mol. The molecule has 0 spiro atoms. The van der Waals surface area contributed by atoms with Crippen molar-refractivity contribution in [3.63, 3.8) is 0 Å². The number of rotatable bonds is 2. The second-order valence-electron chi connectivity index (χ2n) is 8.29. The van der Waals surface area contributed by atoms with Crippen LogP contribution in [0.3, 0.4) is 0 Å². The van der Waals surface area contributed by atoms with Gasteiger partial charge in [0.2, 0.25) is 0 Å². The molecule has 4 aliphatic carbocycles. The summed E-state index contributed by atoms with van der Waals surface area (Å²) in [6.07, 6.45) is 8.28. The molecule has 4 saturated carbocycles. The molecule has 0 aliphatic heterocycles. The Kier molecular flexibility index (Phi) is 2.94. The van der Waals surface area contributed by atoms with Gasteiger partial charge in [-0.2, -0.15) is 0 Å². The lowest BCUT2D eigenvalue weighted by Gasteiger charge is -2.60. The predicted octanol–water partition coefficient (Wildman–Crippen LogP) is 3.61. The Hall–Kier alpha value is -1.52. The van der Waals surface area contributed by atoms with E-state index in [4.69, 9.17) is 22.1 Å². The lowest BCUT2D eigenvalue weighted by atomic mass is 9.51. The number of ether oxygens (including phenoxy) is 1. The summed E-state index contributed by atoms with van der Waals surface area (Å²) >= 11 is 6.44. The molecule has 24 heavy (non-hydrogen) atoms. The highest BCUT2D eigenvalue weighted by Gasteiger charge is 2.57. The first-order valence-corrected chi connectivity index (χ1v) is 9.10. The van der Waals surface area contributed by atoms with E-state index in [-0.39, 0.29) is 16.7 Å². The first-order chi connectivity index (χ1) is 11.4. The molecular formula is C19H21ClN2O2. The molecule has 126 valence electrons. The molecule has 4 bridgehead atoms. The van der Waals surface area contributed by atoms with Gasteiger partial charge in [0, 0.05) is 23.5 Å². The van der Waals surface area contributed by atoms with Crippen molar-refractivity contribution in [3.05, 3.63) is 39.8 Å². The molecule has 0 saturated heterocycles. The Morgan fingerprint density at radius 3 is 2.67 bits per heavy atom. The van der Waals surface area contributed by atoms with Gasteiger partial charge in [0.05, 0.1) is 5.02 Å². The fourth-order valence-corrected chi connectivity index (χ4v) is 6.07. The van der Waals surface area contributed by atoms with Crippen LogP contribution in [0.5, 0.6) is 5.75 Å². The van der Waals surface area contributed by atoms with E-state index in [1.54, 1.807) is 12.3 Å². The van der Waals surface area contributed by atoms with Crippen LogP contribution in [-0.2, 0) is 0 Å². The fourth-order valence-electron chi connectivity index (χ4n) is 5.87. The fraction of sp³-hybridized carbons (Fsp3) is 0.526. The standard InChI is InChI=1S/C19H21ClN2O2/c20-15-5-14-13(1-2-22-17(14)23)4-16(15)24-19-8-11-3-12(9-19)7-18(21,6-11)10-19/h1-2,4-5,11-12H,3,6-10,21H2,(H,22,23). The summed E-state index contributed by atoms with van der Waals surface area (Å²) in [7, 11) is 0. The van der Waals surface area contributed by atoms with Gasteiger partial charge in [-0.15, -0.1) is 0 Å². The van der Waals surface area contributed by atoms with Crippen molar-refractivity contribution in [2.75, 3.05) is 0 Å². The van der Waals surface area contributed by atoms with Crippen LogP contribution in [0.2, 0.25) is 5.02 Å². The van der Waals surface area contributed by atoms with E-state index < -0.39 is 0 Å². The van der Waals surface area contributed by atoms with Crippen LogP contribution in [0, 0.1) is 11.8 Å². The molecule has 4 nitrogen and oxygen atoms in total. The third-order valence-corrected chi connectivity index (χ3v) is 6.50. The molecule has 3 N–H and O–H groups in total. The number of aromatic nitrogens is 1. The minimum absolute atomic E-state index is 0.0649. The van der Waals surface area contributed by atoms with Gasteiger partial charge in [-0.3, -0.25) is 4.79 Å². The zero-order valence-corrected chi connectivity index (χ0v) is 14.2. The van der Waals surface area contributed by atoms with Crippen molar-refractivity contribution >= 4 is 22.4 Å².